The van der Waals surface area contributed by atoms with Gasteiger partial charge in [0.2, 0.25) is 5.95 Å². The molecule has 0 atom stereocenters. The molecule has 2 aromatic rings. The minimum atomic E-state index is -3.98. The lowest BCUT2D eigenvalue weighted by atomic mass is 10.3. The van der Waals surface area contributed by atoms with Gasteiger partial charge in [0, 0.05) is 4.47 Å². The third-order valence-corrected chi connectivity index (χ3v) is 4.54. The van der Waals surface area contributed by atoms with Gasteiger partial charge in [-0.1, -0.05) is 11.6 Å². The number of sulfonamides is 1. The molecular weight excluding hydrogens is 389 g/mol. The van der Waals surface area contributed by atoms with Crippen LogP contribution in [0.15, 0.2) is 33.9 Å². The Bertz CT molecular complexity index is 749. The van der Waals surface area contributed by atoms with E-state index in [1.807, 2.05) is 0 Å². The lowest BCUT2D eigenvalue weighted by Crippen LogP contribution is -2.16. The van der Waals surface area contributed by atoms with Gasteiger partial charge in [-0.3, -0.25) is 10.1 Å². The van der Waals surface area contributed by atoms with Crippen LogP contribution in [0.5, 0.6) is 0 Å². The van der Waals surface area contributed by atoms with Crippen molar-refractivity contribution < 1.29 is 12.8 Å². The summed E-state index contributed by atoms with van der Waals surface area (Å²) in [5, 5.41) is -0.0911. The van der Waals surface area contributed by atoms with Gasteiger partial charge in [0.25, 0.3) is 10.0 Å². The van der Waals surface area contributed by atoms with Crippen LogP contribution < -0.4 is 16.0 Å². The Morgan fingerprint density at radius 3 is 2.43 bits per heavy atom. The number of nitrogens with two attached hydrogens (primary N) is 1. The Morgan fingerprint density at radius 1 is 1.29 bits per heavy atom. The largest absolute Gasteiger partial charge is 0.292 e. The number of aromatic nitrogens is 2. The molecule has 0 unspecified atom stereocenters. The summed E-state index contributed by atoms with van der Waals surface area (Å²) in [4.78, 5) is 7.19. The van der Waals surface area contributed by atoms with E-state index in [4.69, 9.17) is 17.4 Å². The van der Waals surface area contributed by atoms with E-state index >= 15 is 0 Å². The van der Waals surface area contributed by atoms with Gasteiger partial charge < -0.3 is 0 Å². The van der Waals surface area contributed by atoms with Crippen molar-refractivity contribution in [2.24, 2.45) is 5.84 Å². The summed E-state index contributed by atoms with van der Waals surface area (Å²) in [6, 6.07) is 2.07. The van der Waals surface area contributed by atoms with Crippen molar-refractivity contribution in [2.45, 2.75) is 4.90 Å². The standard InChI is InChI=1S/C10H8BrClFN5O2S/c11-7-1-5(13)2-8(12)9(7)18-21(19,20)6-3-15-10(17-14)16-4-6/h1-4,18H,14H2,(H,15,16,17). The molecule has 112 valence electrons. The van der Waals surface area contributed by atoms with Crippen LogP contribution in [0.2, 0.25) is 5.02 Å². The summed E-state index contributed by atoms with van der Waals surface area (Å²) in [6.45, 7) is 0. The van der Waals surface area contributed by atoms with Crippen molar-refractivity contribution in [3.63, 3.8) is 0 Å². The predicted octanol–water partition coefficient (Wildman–Crippen LogP) is 2.12. The summed E-state index contributed by atoms with van der Waals surface area (Å²) in [5.41, 5.74) is 2.19. The highest BCUT2D eigenvalue weighted by Gasteiger charge is 2.19. The molecule has 1 aromatic heterocycles. The molecule has 0 spiro atoms. The molecule has 4 N–H and O–H groups in total. The molecule has 0 fully saturated rings. The second kappa shape index (κ2) is 6.10. The third kappa shape index (κ3) is 3.59. The molecule has 0 saturated carbocycles. The van der Waals surface area contributed by atoms with Crippen LogP contribution in [0.1, 0.15) is 0 Å². The van der Waals surface area contributed by atoms with Crippen LogP contribution >= 0.6 is 27.5 Å². The van der Waals surface area contributed by atoms with Crippen molar-refractivity contribution in [1.82, 2.24) is 9.97 Å². The molecule has 0 aliphatic heterocycles. The van der Waals surface area contributed by atoms with E-state index in [1.54, 1.807) is 0 Å². The topological polar surface area (TPSA) is 110 Å². The lowest BCUT2D eigenvalue weighted by molar-refractivity contribution is 0.600. The Hall–Kier alpha value is -1.49. The first-order valence-electron chi connectivity index (χ1n) is 5.29. The Balaban J connectivity index is 2.37. The Labute approximate surface area is 132 Å². The number of anilines is 2. The number of benzene rings is 1. The van der Waals surface area contributed by atoms with Crippen LogP contribution in [0.4, 0.5) is 16.0 Å². The molecule has 0 amide bonds. The van der Waals surface area contributed by atoms with Gasteiger partial charge in [-0.15, -0.1) is 0 Å². The summed E-state index contributed by atoms with van der Waals surface area (Å²) in [6.07, 6.45) is 2.13. The second-order valence-electron chi connectivity index (χ2n) is 3.74. The Kier molecular flexibility index (Phi) is 4.61. The van der Waals surface area contributed by atoms with E-state index in [-0.39, 0.29) is 26.0 Å². The van der Waals surface area contributed by atoms with Crippen LogP contribution in [-0.4, -0.2) is 18.4 Å². The number of rotatable bonds is 4. The SMILES string of the molecule is NNc1ncc(S(=O)(=O)Nc2c(Cl)cc(F)cc2Br)cn1. The smallest absolute Gasteiger partial charge is 0.265 e. The average Bonchev–Trinajstić information content (AvgIpc) is 2.43. The number of nitrogens with zero attached hydrogens (tertiary/aromatic N) is 2. The van der Waals surface area contributed by atoms with Gasteiger partial charge in [-0.05, 0) is 28.1 Å². The lowest BCUT2D eigenvalue weighted by Gasteiger charge is -2.11. The van der Waals surface area contributed by atoms with Crippen molar-refractivity contribution in [3.05, 3.63) is 39.8 Å². The zero-order chi connectivity index (χ0) is 15.6. The number of nitrogens with one attached hydrogen (secondary N) is 2. The van der Waals surface area contributed by atoms with E-state index < -0.39 is 15.8 Å². The van der Waals surface area contributed by atoms with E-state index in [0.717, 1.165) is 24.5 Å². The third-order valence-electron chi connectivity index (χ3n) is 2.31. The first-order chi connectivity index (χ1) is 9.83. The maximum Gasteiger partial charge on any atom is 0.265 e. The highest BCUT2D eigenvalue weighted by atomic mass is 79.9. The fourth-order valence-corrected chi connectivity index (χ4v) is 3.44. The number of halogens is 3. The molecule has 7 nitrogen and oxygen atoms in total. The summed E-state index contributed by atoms with van der Waals surface area (Å²) in [7, 11) is -3.98. The summed E-state index contributed by atoms with van der Waals surface area (Å²) in [5.74, 6) is 4.55. The molecule has 11 heteroatoms. The molecule has 1 aromatic carbocycles. The molecule has 1 heterocycles. The van der Waals surface area contributed by atoms with Crippen molar-refractivity contribution in [3.8, 4) is 0 Å². The molecular formula is C10H8BrClFN5O2S. The van der Waals surface area contributed by atoms with Gasteiger partial charge >= 0.3 is 0 Å². The van der Waals surface area contributed by atoms with Crippen molar-refractivity contribution >= 4 is 49.2 Å². The number of hydrogen-bond donors (Lipinski definition) is 3. The van der Waals surface area contributed by atoms with Gasteiger partial charge in [0.05, 0.1) is 23.1 Å². The number of nitrogen functional groups attached to an aromatic ring is 1. The van der Waals surface area contributed by atoms with E-state index in [9.17, 15) is 12.8 Å². The van der Waals surface area contributed by atoms with Gasteiger partial charge in [-0.25, -0.2) is 28.6 Å². The van der Waals surface area contributed by atoms with Crippen molar-refractivity contribution in [2.75, 3.05) is 10.1 Å². The van der Waals surface area contributed by atoms with Crippen LogP contribution in [0, 0.1) is 5.82 Å². The van der Waals surface area contributed by atoms with Gasteiger partial charge in [0.1, 0.15) is 10.7 Å². The number of hydrazine groups is 1. The minimum Gasteiger partial charge on any atom is -0.292 e. The fraction of sp³-hybridized carbons (Fsp3) is 0. The van der Waals surface area contributed by atoms with E-state index in [0.29, 0.717) is 0 Å². The zero-order valence-corrected chi connectivity index (χ0v) is 13.3. The molecule has 21 heavy (non-hydrogen) atoms. The maximum absolute atomic E-state index is 13.1. The highest BCUT2D eigenvalue weighted by molar-refractivity contribution is 9.10. The number of hydrogen-bond acceptors (Lipinski definition) is 6. The van der Waals surface area contributed by atoms with Gasteiger partial charge in [-0.2, -0.15) is 0 Å². The normalized spacial score (nSPS) is 11.2. The molecule has 2 rings (SSSR count). The minimum absolute atomic E-state index is 0.0130. The average molecular weight is 397 g/mol. The first-order valence-corrected chi connectivity index (χ1v) is 7.95. The molecule has 0 saturated heterocycles. The molecule has 0 bridgehead atoms. The van der Waals surface area contributed by atoms with Gasteiger partial charge in [0.15, 0.2) is 0 Å². The summed E-state index contributed by atoms with van der Waals surface area (Å²) >= 11 is 8.86. The summed E-state index contributed by atoms with van der Waals surface area (Å²) < 4.78 is 39.9. The molecule has 0 aliphatic carbocycles. The first kappa shape index (κ1) is 15.9. The maximum atomic E-state index is 13.1. The van der Waals surface area contributed by atoms with Crippen LogP contribution in [0.3, 0.4) is 0 Å². The Morgan fingerprint density at radius 2 is 1.90 bits per heavy atom. The van der Waals surface area contributed by atoms with Crippen LogP contribution in [-0.2, 0) is 10.0 Å². The fourth-order valence-electron chi connectivity index (χ4n) is 1.36. The quantitative estimate of drug-likeness (QED) is 0.539. The highest BCUT2D eigenvalue weighted by Crippen LogP contribution is 2.33. The van der Waals surface area contributed by atoms with E-state index in [1.165, 1.54) is 0 Å². The zero-order valence-electron chi connectivity index (χ0n) is 10.1. The van der Waals surface area contributed by atoms with E-state index in [2.05, 4.69) is 36.0 Å². The second-order valence-corrected chi connectivity index (χ2v) is 6.68. The predicted molar refractivity (Wildman–Crippen MR) is 79.8 cm³/mol. The molecule has 0 aliphatic rings. The van der Waals surface area contributed by atoms with Crippen LogP contribution in [0.25, 0.3) is 0 Å². The molecule has 0 radical (unpaired) electrons. The van der Waals surface area contributed by atoms with Crippen molar-refractivity contribution in [1.29, 1.82) is 0 Å². The monoisotopic (exact) mass is 395 g/mol.